The van der Waals surface area contributed by atoms with Gasteiger partial charge in [-0.1, -0.05) is 0 Å². The maximum Gasteiger partial charge on any atom is 0.317 e. The summed E-state index contributed by atoms with van der Waals surface area (Å²) in [5.74, 6) is -0.178. The number of esters is 1. The van der Waals surface area contributed by atoms with E-state index in [0.29, 0.717) is 23.5 Å². The molecule has 2 aliphatic rings. The van der Waals surface area contributed by atoms with Crippen molar-refractivity contribution < 1.29 is 23.8 Å². The molecule has 1 aliphatic carbocycles. The lowest BCUT2D eigenvalue weighted by Gasteiger charge is -2.06. The average Bonchev–Trinajstić information content (AvgIpc) is 2.92. The van der Waals surface area contributed by atoms with E-state index in [9.17, 15) is 9.59 Å². The van der Waals surface area contributed by atoms with E-state index in [-0.39, 0.29) is 19.2 Å². The SMILES string of the molecule is CCOC(=O)[C@H]1Cc2cc3c(cc2C1=O)OCO3. The summed E-state index contributed by atoms with van der Waals surface area (Å²) in [6.07, 6.45) is 0.379. The lowest BCUT2D eigenvalue weighted by Crippen LogP contribution is -2.23. The second kappa shape index (κ2) is 4.01. The fraction of sp³-hybridized carbons (Fsp3) is 0.385. The predicted octanol–water partition coefficient (Wildman–Crippen LogP) is 1.33. The van der Waals surface area contributed by atoms with Gasteiger partial charge in [-0.15, -0.1) is 0 Å². The van der Waals surface area contributed by atoms with Crippen LogP contribution in [-0.2, 0) is 16.0 Å². The molecule has 5 nitrogen and oxygen atoms in total. The number of hydrogen-bond donors (Lipinski definition) is 0. The van der Waals surface area contributed by atoms with E-state index in [4.69, 9.17) is 14.2 Å². The topological polar surface area (TPSA) is 61.8 Å². The minimum atomic E-state index is -0.720. The van der Waals surface area contributed by atoms with E-state index < -0.39 is 11.9 Å². The van der Waals surface area contributed by atoms with Gasteiger partial charge in [0, 0.05) is 5.56 Å². The first-order valence-electron chi connectivity index (χ1n) is 5.84. The third-order valence-electron chi connectivity index (χ3n) is 3.18. The Morgan fingerprint density at radius 1 is 1.39 bits per heavy atom. The van der Waals surface area contributed by atoms with Gasteiger partial charge in [-0.05, 0) is 31.0 Å². The first-order valence-corrected chi connectivity index (χ1v) is 5.84. The molecule has 1 heterocycles. The molecule has 5 heteroatoms. The molecule has 94 valence electrons. The normalized spacial score (nSPS) is 19.8. The zero-order chi connectivity index (χ0) is 12.7. The van der Waals surface area contributed by atoms with Crippen molar-refractivity contribution in [3.8, 4) is 11.5 Å². The number of ketones is 1. The van der Waals surface area contributed by atoms with E-state index in [1.54, 1.807) is 19.1 Å². The smallest absolute Gasteiger partial charge is 0.317 e. The van der Waals surface area contributed by atoms with Crippen LogP contribution in [0.25, 0.3) is 0 Å². The van der Waals surface area contributed by atoms with Gasteiger partial charge in [0.15, 0.2) is 17.3 Å². The molecule has 0 saturated carbocycles. The molecular formula is C13H12O5. The molecule has 1 aromatic rings. The van der Waals surface area contributed by atoms with E-state index in [0.717, 1.165) is 5.56 Å². The lowest BCUT2D eigenvalue weighted by atomic mass is 10.1. The quantitative estimate of drug-likeness (QED) is 0.583. The fourth-order valence-corrected chi connectivity index (χ4v) is 2.32. The predicted molar refractivity (Wildman–Crippen MR) is 60.7 cm³/mol. The Morgan fingerprint density at radius 3 is 2.83 bits per heavy atom. The van der Waals surface area contributed by atoms with Gasteiger partial charge in [0.1, 0.15) is 5.92 Å². The number of carbonyl (C=O) groups is 2. The molecule has 0 radical (unpaired) electrons. The van der Waals surface area contributed by atoms with Crippen molar-refractivity contribution in [3.05, 3.63) is 23.3 Å². The van der Waals surface area contributed by atoms with Crippen molar-refractivity contribution in [2.24, 2.45) is 5.92 Å². The van der Waals surface area contributed by atoms with Gasteiger partial charge in [-0.3, -0.25) is 9.59 Å². The molecule has 3 rings (SSSR count). The van der Waals surface area contributed by atoms with Crippen molar-refractivity contribution in [2.75, 3.05) is 13.4 Å². The molecule has 0 amide bonds. The number of Topliss-reactive ketones (excluding diaryl/α,β-unsaturated/α-hetero) is 1. The third-order valence-corrected chi connectivity index (χ3v) is 3.18. The van der Waals surface area contributed by atoms with Gasteiger partial charge < -0.3 is 14.2 Å². The molecule has 1 aromatic carbocycles. The van der Waals surface area contributed by atoms with Gasteiger partial charge in [0.05, 0.1) is 6.61 Å². The van der Waals surface area contributed by atoms with Crippen LogP contribution in [-0.4, -0.2) is 25.2 Å². The third kappa shape index (κ3) is 1.54. The molecule has 0 bridgehead atoms. The van der Waals surface area contributed by atoms with Crippen LogP contribution in [0.4, 0.5) is 0 Å². The Balaban J connectivity index is 1.93. The van der Waals surface area contributed by atoms with Crippen molar-refractivity contribution in [1.82, 2.24) is 0 Å². The first-order chi connectivity index (χ1) is 8.70. The van der Waals surface area contributed by atoms with Crippen LogP contribution in [0.15, 0.2) is 12.1 Å². The number of carbonyl (C=O) groups excluding carboxylic acids is 2. The Labute approximate surface area is 104 Å². The molecule has 0 spiro atoms. The van der Waals surface area contributed by atoms with Crippen LogP contribution in [0.1, 0.15) is 22.8 Å². The Bertz CT molecular complexity index is 534. The van der Waals surface area contributed by atoms with Gasteiger partial charge in [0.2, 0.25) is 6.79 Å². The summed E-state index contributed by atoms with van der Waals surface area (Å²) in [5.41, 5.74) is 1.36. The van der Waals surface area contributed by atoms with Crippen LogP contribution in [0, 0.1) is 5.92 Å². The number of rotatable bonds is 2. The minimum absolute atomic E-state index is 0.174. The van der Waals surface area contributed by atoms with Crippen LogP contribution < -0.4 is 9.47 Å². The van der Waals surface area contributed by atoms with Crippen molar-refractivity contribution >= 4 is 11.8 Å². The lowest BCUT2D eigenvalue weighted by molar-refractivity contribution is -0.145. The van der Waals surface area contributed by atoms with Crippen molar-refractivity contribution in [3.63, 3.8) is 0 Å². The van der Waals surface area contributed by atoms with E-state index >= 15 is 0 Å². The highest BCUT2D eigenvalue weighted by molar-refractivity contribution is 6.12. The number of benzene rings is 1. The van der Waals surface area contributed by atoms with Gasteiger partial charge in [-0.2, -0.15) is 0 Å². The van der Waals surface area contributed by atoms with E-state index in [2.05, 4.69) is 0 Å². The van der Waals surface area contributed by atoms with E-state index in [1.807, 2.05) is 0 Å². The molecular weight excluding hydrogens is 236 g/mol. The number of ether oxygens (including phenoxy) is 3. The molecule has 0 unspecified atom stereocenters. The highest BCUT2D eigenvalue weighted by Crippen LogP contribution is 2.39. The molecule has 0 saturated heterocycles. The molecule has 0 aromatic heterocycles. The maximum atomic E-state index is 12.1. The van der Waals surface area contributed by atoms with Crippen LogP contribution in [0.5, 0.6) is 11.5 Å². The van der Waals surface area contributed by atoms with Gasteiger partial charge >= 0.3 is 5.97 Å². The van der Waals surface area contributed by atoms with E-state index in [1.165, 1.54) is 0 Å². The Morgan fingerprint density at radius 2 is 2.11 bits per heavy atom. The molecule has 1 aliphatic heterocycles. The van der Waals surface area contributed by atoms with Crippen LogP contribution in [0.3, 0.4) is 0 Å². The largest absolute Gasteiger partial charge is 0.465 e. The summed E-state index contributed by atoms with van der Waals surface area (Å²) in [4.78, 5) is 23.8. The van der Waals surface area contributed by atoms with Crippen molar-refractivity contribution in [2.45, 2.75) is 13.3 Å². The summed E-state index contributed by atoms with van der Waals surface area (Å²) in [5, 5.41) is 0. The summed E-state index contributed by atoms with van der Waals surface area (Å²) >= 11 is 0. The van der Waals surface area contributed by atoms with Gasteiger partial charge in [-0.25, -0.2) is 0 Å². The first kappa shape index (κ1) is 11.1. The highest BCUT2D eigenvalue weighted by Gasteiger charge is 2.38. The standard InChI is InChI=1S/C13H12O5/c1-2-16-13(15)9-3-7-4-10-11(18-6-17-10)5-8(7)12(9)14/h4-5,9H,2-3,6H2,1H3/t9-/m0/s1. The number of fused-ring (bicyclic) bond motifs is 2. The molecule has 0 fully saturated rings. The molecule has 1 atom stereocenters. The zero-order valence-corrected chi connectivity index (χ0v) is 9.89. The summed E-state index contributed by atoms with van der Waals surface area (Å²) in [6, 6.07) is 3.42. The summed E-state index contributed by atoms with van der Waals surface area (Å²) < 4.78 is 15.4. The van der Waals surface area contributed by atoms with Crippen LogP contribution in [0.2, 0.25) is 0 Å². The number of hydrogen-bond acceptors (Lipinski definition) is 5. The monoisotopic (exact) mass is 248 g/mol. The van der Waals surface area contributed by atoms with Crippen molar-refractivity contribution in [1.29, 1.82) is 0 Å². The maximum absolute atomic E-state index is 12.1. The zero-order valence-electron chi connectivity index (χ0n) is 9.89. The van der Waals surface area contributed by atoms with Gasteiger partial charge in [0.25, 0.3) is 0 Å². The Hall–Kier alpha value is -2.04. The highest BCUT2D eigenvalue weighted by atomic mass is 16.7. The fourth-order valence-electron chi connectivity index (χ4n) is 2.32. The average molecular weight is 248 g/mol. The second-order valence-corrected chi connectivity index (χ2v) is 4.24. The summed E-state index contributed by atoms with van der Waals surface area (Å²) in [6.45, 7) is 2.18. The Kier molecular flexibility index (Phi) is 2.47. The van der Waals surface area contributed by atoms with Crippen LogP contribution >= 0.6 is 0 Å². The molecule has 0 N–H and O–H groups in total. The molecule has 18 heavy (non-hydrogen) atoms. The minimum Gasteiger partial charge on any atom is -0.465 e. The second-order valence-electron chi connectivity index (χ2n) is 4.24. The summed E-state index contributed by atoms with van der Waals surface area (Å²) in [7, 11) is 0.